The Bertz CT molecular complexity index is 65.3. The number of hydrogen-bond acceptors (Lipinski definition) is 0. The van der Waals surface area contributed by atoms with Crippen LogP contribution in [0.4, 0.5) is 0 Å². The zero-order valence-electron chi connectivity index (χ0n) is 7.28. The predicted molar refractivity (Wildman–Crippen MR) is 52.1 cm³/mol. The first-order valence-electron chi connectivity index (χ1n) is 3.31. The average molecular weight is 234 g/mol. The summed E-state index contributed by atoms with van der Waals surface area (Å²) < 4.78 is 0. The summed E-state index contributed by atoms with van der Waals surface area (Å²) in [7, 11) is 0. The van der Waals surface area contributed by atoms with Crippen molar-refractivity contribution in [1.29, 1.82) is 0 Å². The fraction of sp³-hybridized carbons (Fsp3) is 0.900. The second-order valence-electron chi connectivity index (χ2n) is 3.24. The molecular weight excluding hydrogens is 209 g/mol. The largest absolute Gasteiger partial charge is 0.314 e. The minimum absolute atomic E-state index is 0. The van der Waals surface area contributed by atoms with Crippen molar-refractivity contribution in [3.05, 3.63) is 5.92 Å². The zero-order valence-corrected chi connectivity index (χ0v) is 10.1. The van der Waals surface area contributed by atoms with E-state index in [9.17, 15) is 0 Å². The molecule has 0 amide bonds. The van der Waals surface area contributed by atoms with Crippen molar-refractivity contribution in [2.45, 2.75) is 55.9 Å². The standard InChI is InChI=1S/C8H17.2CH4.Y/c1-6-8(4,5)7(2)3;;;/h6H2,1-5H3;2*1H4;/q-1;;;. The van der Waals surface area contributed by atoms with Crippen LogP contribution in [0.25, 0.3) is 0 Å². The summed E-state index contributed by atoms with van der Waals surface area (Å²) in [5, 5.41) is 0. The van der Waals surface area contributed by atoms with Crippen LogP contribution < -0.4 is 0 Å². The van der Waals surface area contributed by atoms with Crippen molar-refractivity contribution in [3.63, 3.8) is 0 Å². The molecule has 0 spiro atoms. The molecule has 0 rings (SSSR count). The molecule has 11 heavy (non-hydrogen) atoms. The van der Waals surface area contributed by atoms with E-state index in [4.69, 9.17) is 0 Å². The third-order valence-electron chi connectivity index (χ3n) is 2.24. The van der Waals surface area contributed by atoms with Crippen molar-refractivity contribution in [1.82, 2.24) is 0 Å². The summed E-state index contributed by atoms with van der Waals surface area (Å²) in [6.45, 7) is 11.2. The van der Waals surface area contributed by atoms with E-state index in [1.54, 1.807) is 0 Å². The summed E-state index contributed by atoms with van der Waals surface area (Å²) >= 11 is 0. The molecule has 1 radical (unpaired) electrons. The average Bonchev–Trinajstić information content (AvgIpc) is 1.67. The van der Waals surface area contributed by atoms with Gasteiger partial charge in [0.05, 0.1) is 0 Å². The molecular formula is C10H25Y-. The van der Waals surface area contributed by atoms with Crippen LogP contribution in [0.5, 0.6) is 0 Å². The minimum atomic E-state index is 0. The van der Waals surface area contributed by atoms with Crippen LogP contribution in [0.15, 0.2) is 0 Å². The van der Waals surface area contributed by atoms with Crippen LogP contribution >= 0.6 is 0 Å². The smallest absolute Gasteiger partial charge is 0 e. The van der Waals surface area contributed by atoms with E-state index >= 15 is 0 Å². The van der Waals surface area contributed by atoms with Gasteiger partial charge < -0.3 is 5.92 Å². The van der Waals surface area contributed by atoms with Crippen LogP contribution in [0.2, 0.25) is 0 Å². The molecule has 0 aromatic heterocycles. The number of hydrogen-bond donors (Lipinski definition) is 0. The van der Waals surface area contributed by atoms with Crippen LogP contribution in [0.1, 0.15) is 55.9 Å². The van der Waals surface area contributed by atoms with Crippen molar-refractivity contribution in [2.24, 2.45) is 5.41 Å². The van der Waals surface area contributed by atoms with E-state index in [2.05, 4.69) is 34.6 Å². The summed E-state index contributed by atoms with van der Waals surface area (Å²) in [5.41, 5.74) is 0.458. The normalized spacial score (nSPS) is 9.27. The van der Waals surface area contributed by atoms with E-state index in [0.29, 0.717) is 5.41 Å². The Morgan fingerprint density at radius 1 is 1.09 bits per heavy atom. The van der Waals surface area contributed by atoms with Crippen LogP contribution in [0.3, 0.4) is 0 Å². The van der Waals surface area contributed by atoms with Gasteiger partial charge in [0.1, 0.15) is 0 Å². The maximum absolute atomic E-state index is 2.28. The van der Waals surface area contributed by atoms with Gasteiger partial charge in [0.25, 0.3) is 0 Å². The molecule has 0 bridgehead atoms. The van der Waals surface area contributed by atoms with E-state index < -0.39 is 0 Å². The molecule has 0 heterocycles. The molecule has 69 valence electrons. The maximum atomic E-state index is 2.28. The fourth-order valence-electron chi connectivity index (χ4n) is 0.354. The summed E-state index contributed by atoms with van der Waals surface area (Å²) in [4.78, 5) is 0. The first-order chi connectivity index (χ1) is 3.50. The SMILES string of the molecule is C.C.CCC(C)(C)[C-](C)C.[Y]. The Morgan fingerprint density at radius 3 is 1.36 bits per heavy atom. The third-order valence-corrected chi connectivity index (χ3v) is 2.24. The molecule has 0 aliphatic carbocycles. The molecule has 0 aromatic carbocycles. The van der Waals surface area contributed by atoms with Gasteiger partial charge in [-0.05, 0) is 0 Å². The second-order valence-corrected chi connectivity index (χ2v) is 3.24. The molecule has 0 N–H and O–H groups in total. The number of rotatable bonds is 2. The predicted octanol–water partition coefficient (Wildman–Crippen LogP) is 4.31. The Balaban J connectivity index is -0.0000000817. The van der Waals surface area contributed by atoms with Crippen molar-refractivity contribution in [3.8, 4) is 0 Å². The topological polar surface area (TPSA) is 0 Å². The van der Waals surface area contributed by atoms with E-state index in [0.717, 1.165) is 0 Å². The molecule has 0 unspecified atom stereocenters. The molecule has 1 heteroatoms. The first kappa shape index (κ1) is 22.7. The van der Waals surface area contributed by atoms with Crippen molar-refractivity contribution >= 4 is 0 Å². The monoisotopic (exact) mass is 234 g/mol. The molecule has 0 aromatic rings. The van der Waals surface area contributed by atoms with Gasteiger partial charge in [-0.15, -0.1) is 0 Å². The summed E-state index contributed by atoms with van der Waals surface area (Å²) in [6, 6.07) is 0. The van der Waals surface area contributed by atoms with Gasteiger partial charge in [0.15, 0.2) is 0 Å². The Morgan fingerprint density at radius 2 is 1.36 bits per heavy atom. The zero-order chi connectivity index (χ0) is 6.78. The van der Waals surface area contributed by atoms with Gasteiger partial charge in [-0.25, -0.2) is 0 Å². The van der Waals surface area contributed by atoms with Gasteiger partial charge in [-0.1, -0.05) is 42.0 Å². The molecule has 0 saturated heterocycles. The van der Waals surface area contributed by atoms with E-state index in [-0.39, 0.29) is 47.6 Å². The van der Waals surface area contributed by atoms with Crippen molar-refractivity contribution < 1.29 is 32.7 Å². The molecule has 0 aliphatic rings. The van der Waals surface area contributed by atoms with Gasteiger partial charge in [0.2, 0.25) is 0 Å². The first-order valence-corrected chi connectivity index (χ1v) is 3.31. The molecule has 0 aliphatic heterocycles. The minimum Gasteiger partial charge on any atom is -0.314 e. The van der Waals surface area contributed by atoms with E-state index in [1.807, 2.05) is 0 Å². The molecule has 0 saturated carbocycles. The second kappa shape index (κ2) is 9.19. The van der Waals surface area contributed by atoms with Gasteiger partial charge in [-0.3, -0.25) is 0 Å². The Hall–Kier alpha value is 1.10. The van der Waals surface area contributed by atoms with Crippen LogP contribution in [-0.4, -0.2) is 0 Å². The Kier molecular flexibility index (Phi) is 19.0. The summed E-state index contributed by atoms with van der Waals surface area (Å²) in [6.07, 6.45) is 1.25. The van der Waals surface area contributed by atoms with Gasteiger partial charge in [0, 0.05) is 32.7 Å². The van der Waals surface area contributed by atoms with E-state index in [1.165, 1.54) is 12.3 Å². The Labute approximate surface area is 99.4 Å². The third kappa shape index (κ3) is 9.01. The van der Waals surface area contributed by atoms with Crippen LogP contribution in [0, 0.1) is 11.3 Å². The molecule has 0 nitrogen and oxygen atoms in total. The molecule has 0 atom stereocenters. The van der Waals surface area contributed by atoms with Crippen molar-refractivity contribution in [2.75, 3.05) is 0 Å². The fourth-order valence-corrected chi connectivity index (χ4v) is 0.354. The van der Waals surface area contributed by atoms with Crippen LogP contribution in [-0.2, 0) is 32.7 Å². The van der Waals surface area contributed by atoms with Gasteiger partial charge >= 0.3 is 0 Å². The quantitative estimate of drug-likeness (QED) is 0.624. The summed E-state index contributed by atoms with van der Waals surface area (Å²) in [5.74, 6) is 1.53. The van der Waals surface area contributed by atoms with Gasteiger partial charge in [-0.2, -0.15) is 19.3 Å². The maximum Gasteiger partial charge on any atom is 0 e. The molecule has 0 fully saturated rings.